The van der Waals surface area contributed by atoms with Crippen molar-refractivity contribution in [3.05, 3.63) is 76.4 Å². The summed E-state index contributed by atoms with van der Waals surface area (Å²) in [4.78, 5) is 35.9. The fourth-order valence-corrected chi connectivity index (χ4v) is 5.87. The number of hydrogen-bond acceptors (Lipinski definition) is 5. The Bertz CT molecular complexity index is 1420. The minimum atomic E-state index is -0.265. The summed E-state index contributed by atoms with van der Waals surface area (Å²) in [7, 11) is 2.03. The van der Waals surface area contributed by atoms with Gasteiger partial charge < -0.3 is 19.7 Å². The molecule has 33 heavy (non-hydrogen) atoms. The van der Waals surface area contributed by atoms with Crippen LogP contribution in [0, 0.1) is 6.92 Å². The lowest BCUT2D eigenvalue weighted by molar-refractivity contribution is -0.116. The highest BCUT2D eigenvalue weighted by Crippen LogP contribution is 2.44. The van der Waals surface area contributed by atoms with Gasteiger partial charge in [0, 0.05) is 35.6 Å². The van der Waals surface area contributed by atoms with Gasteiger partial charge in [-0.2, -0.15) is 0 Å². The Labute approximate surface area is 195 Å². The van der Waals surface area contributed by atoms with Gasteiger partial charge in [0.25, 0.3) is 5.91 Å². The summed E-state index contributed by atoms with van der Waals surface area (Å²) in [5, 5.41) is 4.68. The Hall–Kier alpha value is -3.65. The van der Waals surface area contributed by atoms with Crippen LogP contribution in [-0.2, 0) is 17.8 Å². The van der Waals surface area contributed by atoms with Gasteiger partial charge in [0.1, 0.15) is 12.7 Å². The molecule has 6 rings (SSSR count). The number of nitrogens with zero attached hydrogens (tertiary/aromatic N) is 4. The van der Waals surface area contributed by atoms with Gasteiger partial charge in [-0.25, -0.2) is 4.98 Å². The van der Waals surface area contributed by atoms with Crippen LogP contribution in [0.2, 0.25) is 0 Å². The first kappa shape index (κ1) is 20.0. The van der Waals surface area contributed by atoms with Crippen molar-refractivity contribution < 1.29 is 9.59 Å². The Balaban J connectivity index is 1.47. The molecule has 8 heteroatoms. The van der Waals surface area contributed by atoms with E-state index < -0.39 is 0 Å². The lowest BCUT2D eigenvalue weighted by Gasteiger charge is -2.46. The lowest BCUT2D eigenvalue weighted by atomic mass is 9.96. The number of anilines is 2. The maximum Gasteiger partial charge on any atom is 0.257 e. The SMILES string of the molecule is Cc1cnc(NC(=O)Cn2c3c(c4ccccc42)CCN2C(=O)c4ccccc4N(C)[C@@H]32)s1. The van der Waals surface area contributed by atoms with Gasteiger partial charge in [0.15, 0.2) is 5.13 Å². The van der Waals surface area contributed by atoms with Gasteiger partial charge in [0.2, 0.25) is 5.91 Å². The van der Waals surface area contributed by atoms with Crippen molar-refractivity contribution in [3.8, 4) is 0 Å². The van der Waals surface area contributed by atoms with Crippen LogP contribution in [0.3, 0.4) is 0 Å². The van der Waals surface area contributed by atoms with Gasteiger partial charge in [-0.05, 0) is 37.1 Å². The maximum atomic E-state index is 13.4. The smallest absolute Gasteiger partial charge is 0.257 e. The van der Waals surface area contributed by atoms with E-state index in [1.165, 1.54) is 16.9 Å². The number of fused-ring (bicyclic) bond motifs is 6. The number of para-hydroxylation sites is 2. The molecule has 0 spiro atoms. The molecule has 166 valence electrons. The largest absolute Gasteiger partial charge is 0.349 e. The van der Waals surface area contributed by atoms with Gasteiger partial charge >= 0.3 is 0 Å². The first-order valence-corrected chi connectivity index (χ1v) is 11.8. The average Bonchev–Trinajstić information content (AvgIpc) is 3.38. The van der Waals surface area contributed by atoms with Crippen molar-refractivity contribution in [2.45, 2.75) is 26.1 Å². The van der Waals surface area contributed by atoms with Crippen molar-refractivity contribution in [2.24, 2.45) is 0 Å². The third kappa shape index (κ3) is 3.05. The summed E-state index contributed by atoms with van der Waals surface area (Å²) >= 11 is 1.46. The summed E-state index contributed by atoms with van der Waals surface area (Å²) in [6, 6.07) is 15.9. The topological polar surface area (TPSA) is 70.5 Å². The predicted molar refractivity (Wildman–Crippen MR) is 130 cm³/mol. The molecular formula is C25H23N5O2S. The van der Waals surface area contributed by atoms with Crippen molar-refractivity contribution in [1.82, 2.24) is 14.5 Å². The van der Waals surface area contributed by atoms with Crippen molar-refractivity contribution in [1.29, 1.82) is 0 Å². The van der Waals surface area contributed by atoms with Crippen molar-refractivity contribution in [3.63, 3.8) is 0 Å². The number of benzene rings is 2. The lowest BCUT2D eigenvalue weighted by Crippen LogP contribution is -2.51. The van der Waals surface area contributed by atoms with Crippen LogP contribution in [0.1, 0.15) is 32.7 Å². The zero-order chi connectivity index (χ0) is 22.7. The zero-order valence-electron chi connectivity index (χ0n) is 18.4. The van der Waals surface area contributed by atoms with Gasteiger partial charge in [0.05, 0.1) is 16.9 Å². The number of carbonyl (C=O) groups is 2. The first-order valence-electron chi connectivity index (χ1n) is 11.0. The van der Waals surface area contributed by atoms with Crippen molar-refractivity contribution >= 4 is 44.9 Å². The number of hydrogen-bond donors (Lipinski definition) is 1. The third-order valence-corrected chi connectivity index (χ3v) is 7.40. The van der Waals surface area contributed by atoms with Gasteiger partial charge in [-0.15, -0.1) is 11.3 Å². The summed E-state index contributed by atoms with van der Waals surface area (Å²) in [5.41, 5.74) is 4.87. The third-order valence-electron chi connectivity index (χ3n) is 6.57. The number of carbonyl (C=O) groups excluding carboxylic acids is 2. The molecule has 0 aliphatic carbocycles. The second-order valence-corrected chi connectivity index (χ2v) is 9.78. The Morgan fingerprint density at radius 1 is 1.18 bits per heavy atom. The number of aromatic nitrogens is 2. The molecule has 7 nitrogen and oxygen atoms in total. The minimum Gasteiger partial charge on any atom is -0.349 e. The molecule has 0 radical (unpaired) electrons. The molecule has 0 saturated heterocycles. The van der Waals surface area contributed by atoms with E-state index in [9.17, 15) is 9.59 Å². The molecule has 0 unspecified atom stereocenters. The van der Waals surface area contributed by atoms with Gasteiger partial charge in [-0.3, -0.25) is 9.59 Å². The quantitative estimate of drug-likeness (QED) is 0.501. The van der Waals surface area contributed by atoms with E-state index in [4.69, 9.17) is 0 Å². The first-order chi connectivity index (χ1) is 16.0. The average molecular weight is 458 g/mol. The van der Waals surface area contributed by atoms with Crippen LogP contribution in [0.4, 0.5) is 10.8 Å². The molecule has 0 saturated carbocycles. The van der Waals surface area contributed by atoms with Crippen LogP contribution < -0.4 is 10.2 Å². The molecule has 2 aromatic heterocycles. The molecular weight excluding hydrogens is 434 g/mol. The molecule has 4 aromatic rings. The zero-order valence-corrected chi connectivity index (χ0v) is 19.2. The number of thiazole rings is 1. The van der Waals surface area contributed by atoms with E-state index >= 15 is 0 Å². The Morgan fingerprint density at radius 3 is 2.79 bits per heavy atom. The molecule has 1 N–H and O–H groups in total. The fourth-order valence-electron chi connectivity index (χ4n) is 5.19. The molecule has 2 amide bonds. The molecule has 4 heterocycles. The minimum absolute atomic E-state index is 0.0406. The summed E-state index contributed by atoms with van der Waals surface area (Å²) in [5.74, 6) is -0.0888. The van der Waals surface area contributed by atoms with Crippen LogP contribution >= 0.6 is 11.3 Å². The van der Waals surface area contributed by atoms with Crippen LogP contribution in [-0.4, -0.2) is 39.9 Å². The van der Waals surface area contributed by atoms with E-state index in [1.807, 2.05) is 55.3 Å². The van der Waals surface area contributed by atoms with E-state index in [1.54, 1.807) is 6.20 Å². The van der Waals surface area contributed by atoms with Crippen LogP contribution in [0.5, 0.6) is 0 Å². The highest BCUT2D eigenvalue weighted by Gasteiger charge is 2.42. The Kier molecular flexibility index (Phi) is 4.51. The highest BCUT2D eigenvalue weighted by molar-refractivity contribution is 7.15. The number of nitrogens with one attached hydrogen (secondary N) is 1. The monoisotopic (exact) mass is 457 g/mol. The maximum absolute atomic E-state index is 13.4. The normalized spacial score (nSPS) is 17.0. The fraction of sp³-hybridized carbons (Fsp3) is 0.240. The molecule has 2 aliphatic heterocycles. The number of aryl methyl sites for hydroxylation is 1. The molecule has 2 aliphatic rings. The van der Waals surface area contributed by atoms with Crippen LogP contribution in [0.25, 0.3) is 10.9 Å². The highest BCUT2D eigenvalue weighted by atomic mass is 32.1. The molecule has 0 bridgehead atoms. The molecule has 2 aromatic carbocycles. The van der Waals surface area contributed by atoms with E-state index in [2.05, 4.69) is 31.9 Å². The summed E-state index contributed by atoms with van der Waals surface area (Å²) < 4.78 is 2.08. The predicted octanol–water partition coefficient (Wildman–Crippen LogP) is 4.19. The summed E-state index contributed by atoms with van der Waals surface area (Å²) in [6.45, 7) is 2.77. The standard InChI is InChI=1S/C25H23N5O2S/c1-15-13-26-25(33-15)27-21(31)14-30-20-10-6-3-7-16(20)17-11-12-29-23(22(17)30)28(2)19-9-5-4-8-18(19)24(29)32/h3-10,13,23H,11-12,14H2,1-2H3,(H,26,27,31)/t23-/m1/s1. The second kappa shape index (κ2) is 7.45. The van der Waals surface area contributed by atoms with E-state index in [0.717, 1.165) is 39.1 Å². The molecule has 1 atom stereocenters. The Morgan fingerprint density at radius 2 is 1.97 bits per heavy atom. The van der Waals surface area contributed by atoms with Gasteiger partial charge in [-0.1, -0.05) is 30.3 Å². The second-order valence-electron chi connectivity index (χ2n) is 8.54. The van der Waals surface area contributed by atoms with Crippen LogP contribution in [0.15, 0.2) is 54.7 Å². The van der Waals surface area contributed by atoms with E-state index in [0.29, 0.717) is 11.7 Å². The van der Waals surface area contributed by atoms with Crippen molar-refractivity contribution in [2.75, 3.05) is 23.8 Å². The number of rotatable bonds is 3. The molecule has 0 fully saturated rings. The van der Waals surface area contributed by atoms with E-state index in [-0.39, 0.29) is 24.5 Å². The number of amides is 2. The summed E-state index contributed by atoms with van der Waals surface area (Å²) in [6.07, 6.45) is 2.25.